The average Bonchev–Trinajstić information content (AvgIpc) is 3.09. The highest BCUT2D eigenvalue weighted by Crippen LogP contribution is 2.24. The van der Waals surface area contributed by atoms with Gasteiger partial charge in [-0.05, 0) is 18.4 Å². The van der Waals surface area contributed by atoms with Gasteiger partial charge in [0.05, 0.1) is 12.2 Å². The molecule has 3 aromatic heterocycles. The second-order valence-electron chi connectivity index (χ2n) is 6.11. The third-order valence-electron chi connectivity index (χ3n) is 4.43. The van der Waals surface area contributed by atoms with Crippen molar-refractivity contribution in [1.29, 1.82) is 0 Å². The van der Waals surface area contributed by atoms with Gasteiger partial charge in [0.1, 0.15) is 18.0 Å². The first-order valence-electron chi connectivity index (χ1n) is 8.56. The fourth-order valence-corrected chi connectivity index (χ4v) is 3.16. The zero-order chi connectivity index (χ0) is 16.5. The highest BCUT2D eigenvalue weighted by molar-refractivity contribution is 5.49. The minimum absolute atomic E-state index is 0.665. The van der Waals surface area contributed by atoms with Crippen LogP contribution in [-0.2, 0) is 25.8 Å². The Morgan fingerprint density at radius 3 is 2.92 bits per heavy atom. The molecule has 0 aliphatic carbocycles. The number of aromatic nitrogens is 6. The van der Waals surface area contributed by atoms with Crippen LogP contribution in [-0.4, -0.2) is 36.1 Å². The second-order valence-corrected chi connectivity index (χ2v) is 6.11. The van der Waals surface area contributed by atoms with Crippen molar-refractivity contribution in [1.82, 2.24) is 29.5 Å². The van der Waals surface area contributed by atoms with E-state index in [0.29, 0.717) is 5.78 Å². The van der Waals surface area contributed by atoms with Crippen LogP contribution in [0.2, 0.25) is 0 Å². The Bertz CT molecular complexity index is 871. The minimum Gasteiger partial charge on any atom is -0.350 e. The maximum atomic E-state index is 4.72. The van der Waals surface area contributed by atoms with Gasteiger partial charge in [0.25, 0.3) is 5.78 Å². The SMILES string of the molecule is CCCc1cc(N2CCc3cnc(CC)nc3C2)n2ncnc2n1. The first kappa shape index (κ1) is 15.0. The standard InChI is InChI=1S/C17H21N7/c1-3-5-13-8-16(24-17(21-13)19-11-20-24)23-7-6-12-9-18-15(4-2)22-14(12)10-23/h8-9,11H,3-7,10H2,1-2H3. The number of aryl methyl sites for hydroxylation is 2. The zero-order valence-corrected chi connectivity index (χ0v) is 14.1. The molecule has 3 aromatic rings. The molecule has 0 spiro atoms. The van der Waals surface area contributed by atoms with E-state index in [4.69, 9.17) is 4.98 Å². The van der Waals surface area contributed by atoms with E-state index < -0.39 is 0 Å². The van der Waals surface area contributed by atoms with Crippen LogP contribution in [0.1, 0.15) is 43.0 Å². The first-order chi connectivity index (χ1) is 11.8. The molecule has 0 N–H and O–H groups in total. The van der Waals surface area contributed by atoms with Crippen molar-refractivity contribution in [3.8, 4) is 0 Å². The third kappa shape index (κ3) is 2.60. The van der Waals surface area contributed by atoms with Crippen LogP contribution in [0.3, 0.4) is 0 Å². The Morgan fingerprint density at radius 1 is 1.17 bits per heavy atom. The fourth-order valence-electron chi connectivity index (χ4n) is 3.16. The molecule has 0 saturated carbocycles. The first-order valence-corrected chi connectivity index (χ1v) is 8.56. The molecule has 1 aliphatic rings. The van der Waals surface area contributed by atoms with Crippen molar-refractivity contribution in [2.75, 3.05) is 11.4 Å². The van der Waals surface area contributed by atoms with Gasteiger partial charge in [-0.2, -0.15) is 14.6 Å². The van der Waals surface area contributed by atoms with E-state index >= 15 is 0 Å². The molecule has 124 valence electrons. The van der Waals surface area contributed by atoms with Crippen LogP contribution in [0.5, 0.6) is 0 Å². The van der Waals surface area contributed by atoms with Crippen molar-refractivity contribution in [3.05, 3.63) is 41.4 Å². The van der Waals surface area contributed by atoms with E-state index in [2.05, 4.69) is 44.9 Å². The Kier molecular flexibility index (Phi) is 3.84. The predicted octanol–water partition coefficient (Wildman–Crippen LogP) is 1.99. The molecule has 1 aliphatic heterocycles. The zero-order valence-electron chi connectivity index (χ0n) is 14.1. The Labute approximate surface area is 140 Å². The summed E-state index contributed by atoms with van der Waals surface area (Å²) in [7, 11) is 0. The van der Waals surface area contributed by atoms with Gasteiger partial charge in [-0.15, -0.1) is 0 Å². The Morgan fingerprint density at radius 2 is 2.08 bits per heavy atom. The van der Waals surface area contributed by atoms with E-state index in [1.165, 1.54) is 5.56 Å². The van der Waals surface area contributed by atoms with Gasteiger partial charge in [-0.3, -0.25) is 0 Å². The predicted molar refractivity (Wildman–Crippen MR) is 90.9 cm³/mol. The molecule has 0 bridgehead atoms. The third-order valence-corrected chi connectivity index (χ3v) is 4.43. The molecule has 4 heterocycles. The summed E-state index contributed by atoms with van der Waals surface area (Å²) in [6.07, 6.45) is 7.36. The van der Waals surface area contributed by atoms with Gasteiger partial charge in [-0.25, -0.2) is 15.0 Å². The lowest BCUT2D eigenvalue weighted by molar-refractivity contribution is 0.670. The normalized spacial score (nSPS) is 14.2. The summed E-state index contributed by atoms with van der Waals surface area (Å²) >= 11 is 0. The van der Waals surface area contributed by atoms with Gasteiger partial charge in [-0.1, -0.05) is 20.3 Å². The lowest BCUT2D eigenvalue weighted by Gasteiger charge is -2.30. The van der Waals surface area contributed by atoms with E-state index in [0.717, 1.165) is 61.8 Å². The van der Waals surface area contributed by atoms with Crippen LogP contribution in [0.4, 0.5) is 5.82 Å². The summed E-state index contributed by atoms with van der Waals surface area (Å²) in [6.45, 7) is 5.94. The van der Waals surface area contributed by atoms with Gasteiger partial charge in [0.15, 0.2) is 0 Å². The van der Waals surface area contributed by atoms with E-state index in [9.17, 15) is 0 Å². The molecule has 7 nitrogen and oxygen atoms in total. The van der Waals surface area contributed by atoms with Crippen molar-refractivity contribution < 1.29 is 0 Å². The Hall–Kier alpha value is -2.57. The van der Waals surface area contributed by atoms with Crippen molar-refractivity contribution in [3.63, 3.8) is 0 Å². The van der Waals surface area contributed by atoms with Crippen LogP contribution in [0, 0.1) is 0 Å². The average molecular weight is 323 g/mol. The maximum absolute atomic E-state index is 4.72. The molecule has 0 aromatic carbocycles. The summed E-state index contributed by atoms with van der Waals surface area (Å²) in [5.41, 5.74) is 3.44. The van der Waals surface area contributed by atoms with Crippen molar-refractivity contribution in [2.45, 2.75) is 46.1 Å². The number of anilines is 1. The van der Waals surface area contributed by atoms with Gasteiger partial charge in [0, 0.05) is 30.9 Å². The number of fused-ring (bicyclic) bond motifs is 2. The molecule has 24 heavy (non-hydrogen) atoms. The van der Waals surface area contributed by atoms with Crippen LogP contribution < -0.4 is 4.90 Å². The van der Waals surface area contributed by atoms with Crippen LogP contribution >= 0.6 is 0 Å². The fraction of sp³-hybridized carbons (Fsp3) is 0.471. The molecule has 0 unspecified atom stereocenters. The monoisotopic (exact) mass is 323 g/mol. The largest absolute Gasteiger partial charge is 0.350 e. The summed E-state index contributed by atoms with van der Waals surface area (Å²) in [6, 6.07) is 2.14. The smallest absolute Gasteiger partial charge is 0.254 e. The molecule has 0 atom stereocenters. The quantitative estimate of drug-likeness (QED) is 0.731. The second kappa shape index (κ2) is 6.14. The highest BCUT2D eigenvalue weighted by atomic mass is 15.4. The Balaban J connectivity index is 1.73. The molecule has 0 radical (unpaired) electrons. The molecular formula is C17H21N7. The molecule has 4 rings (SSSR count). The minimum atomic E-state index is 0.665. The van der Waals surface area contributed by atoms with E-state index in [-0.39, 0.29) is 0 Å². The van der Waals surface area contributed by atoms with Crippen LogP contribution in [0.15, 0.2) is 18.6 Å². The lowest BCUT2D eigenvalue weighted by Crippen LogP contribution is -2.33. The topological polar surface area (TPSA) is 72.1 Å². The summed E-state index contributed by atoms with van der Waals surface area (Å²) < 4.78 is 1.83. The van der Waals surface area contributed by atoms with Crippen molar-refractivity contribution >= 4 is 11.6 Å². The number of hydrogen-bond acceptors (Lipinski definition) is 6. The maximum Gasteiger partial charge on any atom is 0.254 e. The molecule has 0 amide bonds. The molecule has 0 fully saturated rings. The van der Waals surface area contributed by atoms with E-state index in [1.807, 2.05) is 10.7 Å². The lowest BCUT2D eigenvalue weighted by atomic mass is 10.1. The molecule has 0 saturated heterocycles. The van der Waals surface area contributed by atoms with Gasteiger partial charge < -0.3 is 4.90 Å². The van der Waals surface area contributed by atoms with E-state index in [1.54, 1.807) is 6.33 Å². The number of nitrogens with zero attached hydrogens (tertiary/aromatic N) is 7. The van der Waals surface area contributed by atoms with Crippen LogP contribution in [0.25, 0.3) is 5.78 Å². The summed E-state index contributed by atoms with van der Waals surface area (Å²) in [5, 5.41) is 4.35. The number of rotatable bonds is 4. The van der Waals surface area contributed by atoms with Gasteiger partial charge in [0.2, 0.25) is 0 Å². The summed E-state index contributed by atoms with van der Waals surface area (Å²) in [5.74, 6) is 2.62. The molecule has 7 heteroatoms. The van der Waals surface area contributed by atoms with Crippen molar-refractivity contribution in [2.24, 2.45) is 0 Å². The summed E-state index contributed by atoms with van der Waals surface area (Å²) in [4.78, 5) is 20.3. The highest BCUT2D eigenvalue weighted by Gasteiger charge is 2.21. The number of hydrogen-bond donors (Lipinski definition) is 0. The molecular weight excluding hydrogens is 302 g/mol. The van der Waals surface area contributed by atoms with Gasteiger partial charge >= 0.3 is 0 Å².